The summed E-state index contributed by atoms with van der Waals surface area (Å²) in [5.41, 5.74) is 8.24. The Kier molecular flexibility index (Phi) is 7.70. The molecule has 0 spiro atoms. The molecule has 3 N–H and O–H groups in total. The maximum Gasteiger partial charge on any atom is 0.309 e. The molecule has 2 aromatic rings. The monoisotopic (exact) mass is 404 g/mol. The van der Waals surface area contributed by atoms with Gasteiger partial charge in [0.1, 0.15) is 30.0 Å². The summed E-state index contributed by atoms with van der Waals surface area (Å²) < 4.78 is 16.8. The molecule has 0 saturated heterocycles. The van der Waals surface area contributed by atoms with E-state index >= 15 is 0 Å². The molecule has 0 amide bonds. The summed E-state index contributed by atoms with van der Waals surface area (Å²) in [7, 11) is 0. The number of nitrogens with one attached hydrogen (secondary N) is 1. The van der Waals surface area contributed by atoms with Gasteiger partial charge in [0.25, 0.3) is 0 Å². The Morgan fingerprint density at radius 3 is 2.68 bits per heavy atom. The standard InChI is InChI=1S/C21H24N2O4.ClH/c1-2-25-20(24)12-18-8-7-16-11-17(9-10-19(16)27-18)26-13-14-3-5-15(6-4-14)21(22)23;/h3-6,9-11,18H,2,7-8,12-13H2,1H3,(H3,22,23);1H. The zero-order valence-corrected chi connectivity index (χ0v) is 16.6. The molecule has 6 nitrogen and oxygen atoms in total. The zero-order chi connectivity index (χ0) is 19.2. The fraction of sp³-hybridized carbons (Fsp3) is 0.333. The molecule has 1 heterocycles. The normalized spacial score (nSPS) is 14.8. The number of amidine groups is 1. The number of ether oxygens (including phenoxy) is 3. The van der Waals surface area contributed by atoms with Gasteiger partial charge >= 0.3 is 5.97 Å². The minimum Gasteiger partial charge on any atom is -0.490 e. The third-order valence-corrected chi connectivity index (χ3v) is 4.43. The number of nitrogens with two attached hydrogens (primary N) is 1. The van der Waals surface area contributed by atoms with E-state index in [0.717, 1.165) is 35.5 Å². The van der Waals surface area contributed by atoms with Gasteiger partial charge in [0, 0.05) is 5.56 Å². The Balaban J connectivity index is 0.00000280. The van der Waals surface area contributed by atoms with E-state index in [1.807, 2.05) is 42.5 Å². The molecule has 28 heavy (non-hydrogen) atoms. The Bertz CT molecular complexity index is 824. The van der Waals surface area contributed by atoms with Gasteiger partial charge in [-0.2, -0.15) is 0 Å². The lowest BCUT2D eigenvalue weighted by molar-refractivity contribution is -0.145. The molecule has 2 aromatic carbocycles. The highest BCUT2D eigenvalue weighted by atomic mass is 35.5. The second kappa shape index (κ2) is 9.99. The van der Waals surface area contributed by atoms with Crippen molar-refractivity contribution in [2.24, 2.45) is 5.73 Å². The molecule has 0 radical (unpaired) electrons. The average Bonchev–Trinajstić information content (AvgIpc) is 2.66. The molecule has 0 fully saturated rings. The van der Waals surface area contributed by atoms with E-state index in [4.69, 9.17) is 25.4 Å². The van der Waals surface area contributed by atoms with Crippen LogP contribution < -0.4 is 15.2 Å². The molecule has 1 aliphatic heterocycles. The van der Waals surface area contributed by atoms with Crippen LogP contribution in [0, 0.1) is 5.41 Å². The van der Waals surface area contributed by atoms with Gasteiger partial charge in [0.15, 0.2) is 0 Å². The van der Waals surface area contributed by atoms with Crippen LogP contribution in [0.15, 0.2) is 42.5 Å². The second-order valence-electron chi connectivity index (χ2n) is 6.46. The first-order valence-corrected chi connectivity index (χ1v) is 9.06. The van der Waals surface area contributed by atoms with E-state index in [1.165, 1.54) is 0 Å². The highest BCUT2D eigenvalue weighted by Crippen LogP contribution is 2.32. The van der Waals surface area contributed by atoms with E-state index in [0.29, 0.717) is 18.8 Å². The van der Waals surface area contributed by atoms with Crippen LogP contribution in [0.1, 0.15) is 36.5 Å². The van der Waals surface area contributed by atoms with Crippen LogP contribution in [0.5, 0.6) is 11.5 Å². The summed E-state index contributed by atoms with van der Waals surface area (Å²) in [6, 6.07) is 13.2. The van der Waals surface area contributed by atoms with Crippen LogP contribution in [-0.4, -0.2) is 24.5 Å². The lowest BCUT2D eigenvalue weighted by Gasteiger charge is -2.26. The van der Waals surface area contributed by atoms with Crippen LogP contribution >= 0.6 is 12.4 Å². The number of carbonyl (C=O) groups excluding carboxylic acids is 1. The minimum atomic E-state index is -0.221. The molecule has 3 rings (SSSR count). The van der Waals surface area contributed by atoms with Crippen LogP contribution in [-0.2, 0) is 22.6 Å². The lowest BCUT2D eigenvalue weighted by Crippen LogP contribution is -2.26. The number of esters is 1. The van der Waals surface area contributed by atoms with Crippen LogP contribution in [0.4, 0.5) is 0 Å². The third-order valence-electron chi connectivity index (χ3n) is 4.43. The number of fused-ring (bicyclic) bond motifs is 1. The number of halogens is 1. The summed E-state index contributed by atoms with van der Waals surface area (Å²) in [5.74, 6) is 1.41. The van der Waals surface area contributed by atoms with Gasteiger partial charge in [-0.1, -0.05) is 24.3 Å². The molecular formula is C21H25ClN2O4. The van der Waals surface area contributed by atoms with E-state index in [2.05, 4.69) is 0 Å². The highest BCUT2D eigenvalue weighted by Gasteiger charge is 2.23. The molecule has 1 aliphatic rings. The molecule has 0 saturated carbocycles. The van der Waals surface area contributed by atoms with Gasteiger partial charge in [0.05, 0.1) is 13.0 Å². The molecule has 0 aromatic heterocycles. The van der Waals surface area contributed by atoms with E-state index < -0.39 is 0 Å². The van der Waals surface area contributed by atoms with E-state index in [1.54, 1.807) is 6.92 Å². The van der Waals surface area contributed by atoms with E-state index in [9.17, 15) is 4.79 Å². The Hall–Kier alpha value is -2.73. The van der Waals surface area contributed by atoms with Crippen molar-refractivity contribution in [2.75, 3.05) is 6.61 Å². The third kappa shape index (κ3) is 5.63. The van der Waals surface area contributed by atoms with Crippen LogP contribution in [0.25, 0.3) is 0 Å². The highest BCUT2D eigenvalue weighted by molar-refractivity contribution is 5.94. The molecule has 7 heteroatoms. The fourth-order valence-corrected chi connectivity index (χ4v) is 3.01. The number of hydrogen-bond acceptors (Lipinski definition) is 5. The van der Waals surface area contributed by atoms with E-state index in [-0.39, 0.29) is 36.7 Å². The van der Waals surface area contributed by atoms with Gasteiger partial charge in [-0.3, -0.25) is 10.2 Å². The number of benzene rings is 2. The largest absolute Gasteiger partial charge is 0.490 e. The Morgan fingerprint density at radius 1 is 1.25 bits per heavy atom. The second-order valence-corrected chi connectivity index (χ2v) is 6.46. The van der Waals surface area contributed by atoms with Gasteiger partial charge in [-0.15, -0.1) is 12.4 Å². The van der Waals surface area contributed by atoms with Gasteiger partial charge in [-0.25, -0.2) is 0 Å². The summed E-state index contributed by atoms with van der Waals surface area (Å²) >= 11 is 0. The van der Waals surface area contributed by atoms with Crippen LogP contribution in [0.3, 0.4) is 0 Å². The molecule has 0 aliphatic carbocycles. The topological polar surface area (TPSA) is 94.6 Å². The maximum absolute atomic E-state index is 11.6. The van der Waals surface area contributed by atoms with Crippen molar-refractivity contribution in [3.05, 3.63) is 59.2 Å². The first-order chi connectivity index (χ1) is 13.0. The molecule has 1 unspecified atom stereocenters. The average molecular weight is 405 g/mol. The first kappa shape index (κ1) is 21.6. The summed E-state index contributed by atoms with van der Waals surface area (Å²) in [6.45, 7) is 2.62. The summed E-state index contributed by atoms with van der Waals surface area (Å²) in [5, 5.41) is 7.41. The number of rotatable bonds is 7. The van der Waals surface area contributed by atoms with Gasteiger partial charge in [-0.05, 0) is 49.1 Å². The lowest BCUT2D eigenvalue weighted by atomic mass is 10.0. The Morgan fingerprint density at radius 2 is 2.00 bits per heavy atom. The Labute approximate surface area is 170 Å². The van der Waals surface area contributed by atoms with Gasteiger partial charge in [0.2, 0.25) is 0 Å². The van der Waals surface area contributed by atoms with Crippen molar-refractivity contribution in [2.45, 2.75) is 38.9 Å². The quantitative estimate of drug-likeness (QED) is 0.417. The molecular weight excluding hydrogens is 380 g/mol. The number of hydrogen-bond donors (Lipinski definition) is 2. The van der Waals surface area contributed by atoms with Gasteiger partial charge < -0.3 is 19.9 Å². The number of carbonyl (C=O) groups is 1. The predicted molar refractivity (Wildman–Crippen MR) is 109 cm³/mol. The fourth-order valence-electron chi connectivity index (χ4n) is 3.01. The van der Waals surface area contributed by atoms with Crippen molar-refractivity contribution >= 4 is 24.2 Å². The predicted octanol–water partition coefficient (Wildman–Crippen LogP) is 3.62. The number of nitrogen functional groups attached to an aromatic ring is 1. The zero-order valence-electron chi connectivity index (χ0n) is 15.8. The van der Waals surface area contributed by atoms with Crippen molar-refractivity contribution in [1.82, 2.24) is 0 Å². The molecule has 1 atom stereocenters. The SMILES string of the molecule is CCOC(=O)CC1CCc2cc(OCc3ccc(C(=N)N)cc3)ccc2O1.Cl. The number of aryl methyl sites for hydroxylation is 1. The maximum atomic E-state index is 11.6. The smallest absolute Gasteiger partial charge is 0.309 e. The van der Waals surface area contributed by atoms with Crippen LogP contribution in [0.2, 0.25) is 0 Å². The molecule has 0 bridgehead atoms. The first-order valence-electron chi connectivity index (χ1n) is 9.06. The molecule has 150 valence electrons. The summed E-state index contributed by atoms with van der Waals surface area (Å²) in [6.07, 6.45) is 1.76. The van der Waals surface area contributed by atoms with Crippen molar-refractivity contribution < 1.29 is 19.0 Å². The minimum absolute atomic E-state index is 0. The van der Waals surface area contributed by atoms with Crippen molar-refractivity contribution in [3.63, 3.8) is 0 Å². The summed E-state index contributed by atoms with van der Waals surface area (Å²) in [4.78, 5) is 11.6. The van der Waals surface area contributed by atoms with Crippen molar-refractivity contribution in [1.29, 1.82) is 5.41 Å². The van der Waals surface area contributed by atoms with Crippen molar-refractivity contribution in [3.8, 4) is 11.5 Å².